The molecule has 122 valence electrons. The average Bonchev–Trinajstić information content (AvgIpc) is 2.33. The summed E-state index contributed by atoms with van der Waals surface area (Å²) in [7, 11) is 0. The third-order valence-corrected chi connectivity index (χ3v) is 1.92. The molecule has 2 atom stereocenters. The van der Waals surface area contributed by atoms with Crippen molar-refractivity contribution in [3.05, 3.63) is 0 Å². The van der Waals surface area contributed by atoms with Gasteiger partial charge in [0.15, 0.2) is 0 Å². The van der Waals surface area contributed by atoms with E-state index in [1.54, 1.807) is 0 Å². The molecule has 4 N–H and O–H groups in total. The maximum absolute atomic E-state index is 9.86. The van der Waals surface area contributed by atoms with Gasteiger partial charge in [-0.15, -0.1) is 0 Å². The minimum atomic E-state index is -1.44. The first-order valence-electron chi connectivity index (χ1n) is 5.40. The molecule has 0 saturated heterocycles. The smallest absolute Gasteiger partial charge is 0.550 e. The molecule has 11 heteroatoms. The first-order valence-corrected chi connectivity index (χ1v) is 5.40. The van der Waals surface area contributed by atoms with Crippen molar-refractivity contribution >= 4 is 23.9 Å². The Morgan fingerprint density at radius 2 is 0.952 bits per heavy atom. The molecule has 0 aromatic carbocycles. The summed E-state index contributed by atoms with van der Waals surface area (Å²) in [5.74, 6) is -5.50. The molecule has 0 aliphatic rings. The second-order valence-electron chi connectivity index (χ2n) is 3.67. The first kappa shape index (κ1) is 24.5. The number of hydrogen-bond donors (Lipinski definition) is 2. The van der Waals surface area contributed by atoms with Crippen LogP contribution in [-0.2, 0) is 39.6 Å². The summed E-state index contributed by atoms with van der Waals surface area (Å²) in [6.07, 6.45) is -1.00. The summed E-state index contributed by atoms with van der Waals surface area (Å²) < 4.78 is 0. The molecule has 0 fully saturated rings. The fourth-order valence-electron chi connectivity index (χ4n) is 0.782. The van der Waals surface area contributed by atoms with E-state index in [2.05, 4.69) is 0 Å². The second kappa shape index (κ2) is 13.4. The molecule has 0 aromatic rings. The molecule has 0 aliphatic heterocycles. The molecule has 0 spiro atoms. The van der Waals surface area contributed by atoms with Gasteiger partial charge < -0.3 is 51.1 Å². The molecule has 0 rings (SSSR count). The SMILES string of the molecule is N[C@@H](CCC(=O)[O-])C(=O)[O-].N[C@@H](CCC(=O)[O-])C(=O)[O-].[Pd+4]. The molecule has 0 aromatic heterocycles. The van der Waals surface area contributed by atoms with Gasteiger partial charge in [-0.2, -0.15) is 0 Å². The Morgan fingerprint density at radius 1 is 0.714 bits per heavy atom. The van der Waals surface area contributed by atoms with Crippen LogP contribution in [0.4, 0.5) is 0 Å². The van der Waals surface area contributed by atoms with Crippen LogP contribution in [0.5, 0.6) is 0 Å². The Morgan fingerprint density at radius 3 is 1.10 bits per heavy atom. The van der Waals surface area contributed by atoms with Crippen molar-refractivity contribution in [1.29, 1.82) is 0 Å². The van der Waals surface area contributed by atoms with Crippen molar-refractivity contribution in [2.24, 2.45) is 11.5 Å². The molecule has 0 aliphatic carbocycles. The van der Waals surface area contributed by atoms with Crippen LogP contribution in [0.3, 0.4) is 0 Å². The van der Waals surface area contributed by atoms with E-state index in [9.17, 15) is 39.6 Å². The van der Waals surface area contributed by atoms with Crippen LogP contribution in [0.25, 0.3) is 0 Å². The van der Waals surface area contributed by atoms with Crippen molar-refractivity contribution in [2.75, 3.05) is 0 Å². The quantitative estimate of drug-likeness (QED) is 0.370. The van der Waals surface area contributed by atoms with Crippen molar-refractivity contribution < 1.29 is 60.0 Å². The van der Waals surface area contributed by atoms with Crippen molar-refractivity contribution in [1.82, 2.24) is 0 Å². The molecule has 0 unspecified atom stereocenters. The molecule has 10 nitrogen and oxygen atoms in total. The van der Waals surface area contributed by atoms with Crippen LogP contribution in [0, 0.1) is 0 Å². The Hall–Kier alpha value is -1.54. The van der Waals surface area contributed by atoms with Gasteiger partial charge in [0.1, 0.15) is 0 Å². The summed E-state index contributed by atoms with van der Waals surface area (Å²) in [6, 6.07) is -2.42. The largest absolute Gasteiger partial charge is 4.00 e. The Bertz CT molecular complexity index is 329. The van der Waals surface area contributed by atoms with Crippen molar-refractivity contribution in [3.63, 3.8) is 0 Å². The van der Waals surface area contributed by atoms with Crippen LogP contribution < -0.4 is 31.9 Å². The van der Waals surface area contributed by atoms with Crippen LogP contribution in [0.1, 0.15) is 25.7 Å². The van der Waals surface area contributed by atoms with E-state index in [0.717, 1.165) is 0 Å². The van der Waals surface area contributed by atoms with Crippen molar-refractivity contribution in [3.8, 4) is 0 Å². The van der Waals surface area contributed by atoms with Crippen LogP contribution in [0.15, 0.2) is 0 Å². The zero-order valence-corrected chi connectivity index (χ0v) is 12.3. The average molecular weight is 397 g/mol. The Kier molecular flexibility index (Phi) is 15.7. The standard InChI is InChI=1S/2C5H9NO4.Pd/c2*6-3(5(9)10)1-2-4(7)8;/h2*3H,1-2,6H2,(H,7,8)(H,9,10);/q;;+4/p-4/t2*3-;/m00./s1. The summed E-state index contributed by atoms with van der Waals surface area (Å²) in [5, 5.41) is 39.2. The van der Waals surface area contributed by atoms with Gasteiger partial charge in [0.25, 0.3) is 0 Å². The fourth-order valence-corrected chi connectivity index (χ4v) is 0.782. The second-order valence-corrected chi connectivity index (χ2v) is 3.67. The van der Waals surface area contributed by atoms with Gasteiger partial charge >= 0.3 is 20.4 Å². The van der Waals surface area contributed by atoms with E-state index in [4.69, 9.17) is 11.5 Å². The summed E-state index contributed by atoms with van der Waals surface area (Å²) in [6.45, 7) is 0. The number of hydrogen-bond acceptors (Lipinski definition) is 10. The molecule has 0 heterocycles. The third kappa shape index (κ3) is 18.5. The number of aliphatic carboxylic acids is 4. The van der Waals surface area contributed by atoms with Gasteiger partial charge in [0, 0.05) is 24.0 Å². The number of carbonyl (C=O) groups is 4. The maximum atomic E-state index is 9.86. The molecule has 21 heavy (non-hydrogen) atoms. The van der Waals surface area contributed by atoms with E-state index in [1.165, 1.54) is 0 Å². The Labute approximate surface area is 133 Å². The maximum Gasteiger partial charge on any atom is 4.00 e. The minimum Gasteiger partial charge on any atom is -0.550 e. The predicted molar refractivity (Wildman–Crippen MR) is 54.4 cm³/mol. The molecule has 0 amide bonds. The normalized spacial score (nSPS) is 11.9. The van der Waals surface area contributed by atoms with Gasteiger partial charge in [0.2, 0.25) is 0 Å². The molecule has 0 saturated carbocycles. The van der Waals surface area contributed by atoms with E-state index in [-0.39, 0.29) is 46.1 Å². The van der Waals surface area contributed by atoms with E-state index in [0.29, 0.717) is 0 Å². The molecular weight excluding hydrogens is 383 g/mol. The van der Waals surface area contributed by atoms with E-state index in [1.807, 2.05) is 0 Å². The molecule has 0 radical (unpaired) electrons. The van der Waals surface area contributed by atoms with Crippen LogP contribution >= 0.6 is 0 Å². The zero-order valence-electron chi connectivity index (χ0n) is 10.7. The van der Waals surface area contributed by atoms with E-state index < -0.39 is 36.0 Å². The van der Waals surface area contributed by atoms with Crippen LogP contribution in [-0.4, -0.2) is 36.0 Å². The van der Waals surface area contributed by atoms with Gasteiger partial charge in [-0.1, -0.05) is 0 Å². The molecule has 0 bridgehead atoms. The van der Waals surface area contributed by atoms with Crippen LogP contribution in [0.2, 0.25) is 0 Å². The number of rotatable bonds is 8. The van der Waals surface area contributed by atoms with Gasteiger partial charge in [0.05, 0.1) is 11.9 Å². The number of carboxylic acid groups (broad SMARTS) is 4. The Balaban J connectivity index is -0.000000295. The summed E-state index contributed by atoms with van der Waals surface area (Å²) in [4.78, 5) is 39.2. The van der Waals surface area contributed by atoms with Gasteiger partial charge in [-0.25, -0.2) is 0 Å². The van der Waals surface area contributed by atoms with Crippen molar-refractivity contribution in [2.45, 2.75) is 37.8 Å². The number of carboxylic acids is 4. The summed E-state index contributed by atoms with van der Waals surface area (Å²) >= 11 is 0. The topological polar surface area (TPSA) is 213 Å². The van der Waals surface area contributed by atoms with Gasteiger partial charge in [-0.3, -0.25) is 0 Å². The summed E-state index contributed by atoms with van der Waals surface area (Å²) in [5.41, 5.74) is 9.82. The monoisotopic (exact) mass is 396 g/mol. The number of carbonyl (C=O) groups excluding carboxylic acids is 4. The third-order valence-electron chi connectivity index (χ3n) is 1.92. The first-order chi connectivity index (χ1) is 9.07. The van der Waals surface area contributed by atoms with Gasteiger partial charge in [-0.05, 0) is 25.7 Å². The number of nitrogens with two attached hydrogens (primary N) is 2. The minimum absolute atomic E-state index is 0. The zero-order chi connectivity index (χ0) is 16.3. The fraction of sp³-hybridized carbons (Fsp3) is 0.600. The predicted octanol–water partition coefficient (Wildman–Crippen LogP) is -6.82. The van der Waals surface area contributed by atoms with E-state index >= 15 is 0 Å². The molecular formula is C10H14N2O8Pd.